The summed E-state index contributed by atoms with van der Waals surface area (Å²) in [6, 6.07) is 3.51. The van der Waals surface area contributed by atoms with Crippen LogP contribution in [0.4, 0.5) is 0 Å². The zero-order valence-electron chi connectivity index (χ0n) is 6.39. The average molecular weight is 182 g/mol. The third kappa shape index (κ3) is 1.58. The van der Waals surface area contributed by atoms with E-state index < -0.39 is 28.8 Å². The Kier molecular flexibility index (Phi) is 2.19. The minimum Gasteiger partial charge on any atom is -0.507 e. The quantitative estimate of drug-likeness (QED) is 0.628. The molecule has 0 bridgehead atoms. The molecule has 0 amide bonds. The standard InChI is InChI=1S/C8H6O5/c9-5-3-1-2-4(7(10)11)6(5)8(12)13/h1-3,9H,(H,10,11)(H,12,13). The Labute approximate surface area is 72.9 Å². The summed E-state index contributed by atoms with van der Waals surface area (Å²) in [5, 5.41) is 26.2. The fraction of sp³-hybridized carbons (Fsp3) is 0. The number of rotatable bonds is 2. The van der Waals surface area contributed by atoms with Crippen molar-refractivity contribution in [1.29, 1.82) is 0 Å². The Morgan fingerprint density at radius 1 is 1.08 bits per heavy atom. The van der Waals surface area contributed by atoms with Gasteiger partial charge in [-0.1, -0.05) is 6.07 Å². The van der Waals surface area contributed by atoms with Crippen molar-refractivity contribution in [2.24, 2.45) is 0 Å². The van der Waals surface area contributed by atoms with Crippen LogP contribution in [0.15, 0.2) is 18.2 Å². The highest BCUT2D eigenvalue weighted by atomic mass is 16.4. The number of hydrogen-bond donors (Lipinski definition) is 3. The lowest BCUT2D eigenvalue weighted by molar-refractivity contribution is 0.0648. The molecule has 0 aliphatic heterocycles. The van der Waals surface area contributed by atoms with E-state index in [0.29, 0.717) is 0 Å². The van der Waals surface area contributed by atoms with Crippen LogP contribution in [-0.4, -0.2) is 27.3 Å². The van der Waals surface area contributed by atoms with Crippen molar-refractivity contribution >= 4 is 11.9 Å². The largest absolute Gasteiger partial charge is 0.507 e. The van der Waals surface area contributed by atoms with Gasteiger partial charge < -0.3 is 15.3 Å². The van der Waals surface area contributed by atoms with E-state index in [2.05, 4.69) is 0 Å². The first-order valence-corrected chi connectivity index (χ1v) is 3.32. The predicted octanol–water partition coefficient (Wildman–Crippen LogP) is 0.789. The Morgan fingerprint density at radius 3 is 2.08 bits per heavy atom. The van der Waals surface area contributed by atoms with Gasteiger partial charge in [0.25, 0.3) is 0 Å². The van der Waals surface area contributed by atoms with Gasteiger partial charge in [-0.25, -0.2) is 9.59 Å². The van der Waals surface area contributed by atoms with Crippen molar-refractivity contribution in [3.63, 3.8) is 0 Å². The molecule has 68 valence electrons. The molecule has 13 heavy (non-hydrogen) atoms. The third-order valence-corrected chi connectivity index (χ3v) is 1.49. The van der Waals surface area contributed by atoms with Gasteiger partial charge in [0, 0.05) is 0 Å². The summed E-state index contributed by atoms with van der Waals surface area (Å²) in [6.45, 7) is 0. The van der Waals surface area contributed by atoms with Gasteiger partial charge in [0.15, 0.2) is 0 Å². The summed E-state index contributed by atoms with van der Waals surface area (Å²) in [4.78, 5) is 21.0. The lowest BCUT2D eigenvalue weighted by Crippen LogP contribution is -2.07. The lowest BCUT2D eigenvalue weighted by Gasteiger charge is -2.02. The molecule has 0 spiro atoms. The predicted molar refractivity (Wildman–Crippen MR) is 42.0 cm³/mol. The number of aromatic carboxylic acids is 2. The van der Waals surface area contributed by atoms with Crippen LogP contribution >= 0.6 is 0 Å². The molecule has 5 heteroatoms. The van der Waals surface area contributed by atoms with Gasteiger partial charge in [0.2, 0.25) is 0 Å². The molecule has 0 radical (unpaired) electrons. The summed E-state index contributed by atoms with van der Waals surface area (Å²) in [6.07, 6.45) is 0. The molecule has 0 atom stereocenters. The van der Waals surface area contributed by atoms with Crippen molar-refractivity contribution in [2.45, 2.75) is 0 Å². The monoisotopic (exact) mass is 182 g/mol. The van der Waals surface area contributed by atoms with E-state index in [0.717, 1.165) is 12.1 Å². The SMILES string of the molecule is O=C(O)c1cccc(O)c1C(=O)O. The van der Waals surface area contributed by atoms with E-state index in [1.165, 1.54) is 6.07 Å². The number of carboxylic acids is 2. The van der Waals surface area contributed by atoms with Gasteiger partial charge in [-0.2, -0.15) is 0 Å². The first-order chi connectivity index (χ1) is 6.04. The van der Waals surface area contributed by atoms with Crippen LogP contribution in [0.2, 0.25) is 0 Å². The van der Waals surface area contributed by atoms with Gasteiger partial charge >= 0.3 is 11.9 Å². The average Bonchev–Trinajstić information content (AvgIpc) is 2.02. The van der Waals surface area contributed by atoms with Crippen molar-refractivity contribution in [2.75, 3.05) is 0 Å². The van der Waals surface area contributed by atoms with Crippen molar-refractivity contribution in [3.05, 3.63) is 29.3 Å². The van der Waals surface area contributed by atoms with Crippen LogP contribution in [0.3, 0.4) is 0 Å². The molecular weight excluding hydrogens is 176 g/mol. The van der Waals surface area contributed by atoms with Gasteiger partial charge in [-0.15, -0.1) is 0 Å². The number of hydrogen-bond acceptors (Lipinski definition) is 3. The number of carboxylic acid groups (broad SMARTS) is 2. The molecule has 5 nitrogen and oxygen atoms in total. The maximum atomic E-state index is 10.5. The van der Waals surface area contributed by atoms with Gasteiger partial charge in [-0.05, 0) is 12.1 Å². The Morgan fingerprint density at radius 2 is 1.69 bits per heavy atom. The van der Waals surface area contributed by atoms with E-state index in [9.17, 15) is 9.59 Å². The van der Waals surface area contributed by atoms with Crippen molar-refractivity contribution in [3.8, 4) is 5.75 Å². The number of phenols is 1. The summed E-state index contributed by atoms with van der Waals surface area (Å²) in [5.41, 5.74) is -1.01. The molecule has 0 saturated heterocycles. The second kappa shape index (κ2) is 3.14. The van der Waals surface area contributed by atoms with E-state index in [-0.39, 0.29) is 0 Å². The molecule has 0 unspecified atom stereocenters. The second-order valence-electron chi connectivity index (χ2n) is 2.31. The highest BCUT2D eigenvalue weighted by molar-refractivity contribution is 6.03. The molecular formula is C8H6O5. The highest BCUT2D eigenvalue weighted by Gasteiger charge is 2.19. The fourth-order valence-electron chi connectivity index (χ4n) is 0.943. The zero-order chi connectivity index (χ0) is 10.0. The van der Waals surface area contributed by atoms with Gasteiger partial charge in [-0.3, -0.25) is 0 Å². The number of carbonyl (C=O) groups is 2. The van der Waals surface area contributed by atoms with E-state index >= 15 is 0 Å². The number of benzene rings is 1. The summed E-state index contributed by atoms with van der Waals surface area (Å²) in [5.74, 6) is -3.39. The van der Waals surface area contributed by atoms with Crippen LogP contribution in [0, 0.1) is 0 Å². The summed E-state index contributed by atoms with van der Waals surface area (Å²) >= 11 is 0. The highest BCUT2D eigenvalue weighted by Crippen LogP contribution is 2.20. The fourth-order valence-corrected chi connectivity index (χ4v) is 0.943. The molecule has 0 saturated carbocycles. The van der Waals surface area contributed by atoms with Gasteiger partial charge in [0.1, 0.15) is 11.3 Å². The molecule has 0 aliphatic carbocycles. The Hall–Kier alpha value is -2.04. The minimum absolute atomic E-state index is 0.424. The Bertz CT molecular complexity index is 369. The second-order valence-corrected chi connectivity index (χ2v) is 2.31. The first kappa shape index (κ1) is 9.05. The molecule has 3 N–H and O–H groups in total. The minimum atomic E-state index is -1.46. The smallest absolute Gasteiger partial charge is 0.340 e. The molecule has 1 aromatic rings. The van der Waals surface area contributed by atoms with Crippen LogP contribution in [-0.2, 0) is 0 Å². The normalized spacial score (nSPS) is 9.54. The van der Waals surface area contributed by atoms with E-state index in [1.807, 2.05) is 0 Å². The molecule has 0 heterocycles. The van der Waals surface area contributed by atoms with E-state index in [1.54, 1.807) is 0 Å². The maximum Gasteiger partial charge on any atom is 0.340 e. The zero-order valence-corrected chi connectivity index (χ0v) is 6.39. The summed E-state index contributed by atoms with van der Waals surface area (Å²) < 4.78 is 0. The molecule has 0 fully saturated rings. The molecule has 0 aliphatic rings. The molecule has 0 aromatic heterocycles. The van der Waals surface area contributed by atoms with Crippen molar-refractivity contribution in [1.82, 2.24) is 0 Å². The maximum absolute atomic E-state index is 10.5. The van der Waals surface area contributed by atoms with Crippen molar-refractivity contribution < 1.29 is 24.9 Å². The third-order valence-electron chi connectivity index (χ3n) is 1.49. The molecule has 1 rings (SSSR count). The van der Waals surface area contributed by atoms with E-state index in [4.69, 9.17) is 15.3 Å². The van der Waals surface area contributed by atoms with Crippen LogP contribution in [0.5, 0.6) is 5.75 Å². The number of aromatic hydroxyl groups is 1. The lowest BCUT2D eigenvalue weighted by atomic mass is 10.1. The van der Waals surface area contributed by atoms with Crippen LogP contribution in [0.25, 0.3) is 0 Å². The van der Waals surface area contributed by atoms with Crippen LogP contribution in [0.1, 0.15) is 20.7 Å². The molecule has 1 aromatic carbocycles. The first-order valence-electron chi connectivity index (χ1n) is 3.32. The Balaban J connectivity index is 3.43. The van der Waals surface area contributed by atoms with Crippen LogP contribution < -0.4 is 0 Å². The topological polar surface area (TPSA) is 94.8 Å². The van der Waals surface area contributed by atoms with Gasteiger partial charge in [0.05, 0.1) is 5.56 Å². The summed E-state index contributed by atoms with van der Waals surface area (Å²) in [7, 11) is 0.